The number of hydrogen-bond acceptors (Lipinski definition) is 3. The molecule has 0 aromatic rings. The molecule has 0 fully saturated rings. The van der Waals surface area contributed by atoms with Gasteiger partial charge in [-0.1, -0.05) is 0 Å². The van der Waals surface area contributed by atoms with Gasteiger partial charge in [-0.3, -0.25) is 0 Å². The summed E-state index contributed by atoms with van der Waals surface area (Å²) in [4.78, 5) is 12.0. The third kappa shape index (κ3) is 7.38. The minimum atomic E-state index is -1.10. The normalized spacial score (nSPS) is 9.09. The monoisotopic (exact) mass is 183 g/mol. The Hall–Kier alpha value is -0.520. The van der Waals surface area contributed by atoms with E-state index in [1.807, 2.05) is 19.0 Å². The summed E-state index contributed by atoms with van der Waals surface area (Å²) >= 11 is 0. The summed E-state index contributed by atoms with van der Waals surface area (Å²) in [5.74, 6) is 5.07. The highest BCUT2D eigenvalue weighted by Crippen LogP contribution is 1.80. The number of rotatable bonds is 3. The molecule has 0 bridgehead atoms. The summed E-state index contributed by atoms with van der Waals surface area (Å²) in [5, 5.41) is 9.04. The summed E-state index contributed by atoms with van der Waals surface area (Å²) in [6.45, 7) is 0.977. The second kappa shape index (κ2) is 6.21. The Kier molecular flexibility index (Phi) is 7.39. The lowest BCUT2D eigenvalue weighted by molar-refractivity contribution is 0.141. The van der Waals surface area contributed by atoms with Crippen molar-refractivity contribution < 1.29 is 9.90 Å². The van der Waals surface area contributed by atoms with Crippen LogP contribution in [0.5, 0.6) is 0 Å². The van der Waals surface area contributed by atoms with Gasteiger partial charge in [-0.2, -0.15) is 0 Å². The fraction of sp³-hybridized carbons (Fsp3) is 0.800. The highest BCUT2D eigenvalue weighted by atomic mass is 35.5. The van der Waals surface area contributed by atoms with Crippen molar-refractivity contribution in [2.75, 3.05) is 27.2 Å². The van der Waals surface area contributed by atoms with Crippen molar-refractivity contribution in [1.29, 1.82) is 0 Å². The minimum Gasteiger partial charge on any atom is -0.464 e. The number of carbonyl (C=O) groups is 1. The molecule has 5 nitrogen and oxygen atoms in total. The zero-order chi connectivity index (χ0) is 8.15. The first-order valence-corrected chi connectivity index (χ1v) is 2.94. The fourth-order valence-electron chi connectivity index (χ4n) is 0.403. The first kappa shape index (κ1) is 13.1. The largest absolute Gasteiger partial charge is 0.464 e. The van der Waals surface area contributed by atoms with E-state index in [1.54, 1.807) is 0 Å². The lowest BCUT2D eigenvalue weighted by Crippen LogP contribution is -2.40. The molecule has 11 heavy (non-hydrogen) atoms. The minimum absolute atomic E-state index is 0. The first-order chi connectivity index (χ1) is 4.54. The van der Waals surface area contributed by atoms with E-state index in [2.05, 4.69) is 0 Å². The Bertz CT molecular complexity index is 120. The molecule has 6 heteroatoms. The van der Waals surface area contributed by atoms with Crippen LogP contribution in [0.2, 0.25) is 0 Å². The fourth-order valence-corrected chi connectivity index (χ4v) is 0.403. The van der Waals surface area contributed by atoms with Gasteiger partial charge in [0.25, 0.3) is 0 Å². The molecule has 0 aromatic carbocycles. The van der Waals surface area contributed by atoms with Crippen LogP contribution >= 0.6 is 12.4 Å². The highest BCUT2D eigenvalue weighted by molar-refractivity contribution is 5.85. The van der Waals surface area contributed by atoms with Crippen LogP contribution in [0.4, 0.5) is 4.79 Å². The lowest BCUT2D eigenvalue weighted by Gasteiger charge is -2.15. The Balaban J connectivity index is 0. The van der Waals surface area contributed by atoms with Gasteiger partial charge < -0.3 is 10.0 Å². The zero-order valence-electron chi connectivity index (χ0n) is 6.65. The number of halogens is 1. The predicted molar refractivity (Wildman–Crippen MR) is 44.7 cm³/mol. The van der Waals surface area contributed by atoms with Gasteiger partial charge in [0.1, 0.15) is 0 Å². The van der Waals surface area contributed by atoms with E-state index in [4.69, 9.17) is 10.9 Å². The molecule has 0 aromatic heterocycles. The van der Waals surface area contributed by atoms with Crippen LogP contribution in [0.1, 0.15) is 0 Å². The van der Waals surface area contributed by atoms with Gasteiger partial charge in [0.2, 0.25) is 0 Å². The summed E-state index contributed by atoms with van der Waals surface area (Å²) in [6, 6.07) is 0. The number of hydrazine groups is 1. The van der Waals surface area contributed by atoms with Gasteiger partial charge in [-0.25, -0.2) is 15.6 Å². The van der Waals surface area contributed by atoms with Crippen molar-refractivity contribution in [2.24, 2.45) is 5.84 Å². The van der Waals surface area contributed by atoms with E-state index < -0.39 is 6.09 Å². The third-order valence-electron chi connectivity index (χ3n) is 1.03. The van der Waals surface area contributed by atoms with E-state index in [-0.39, 0.29) is 12.4 Å². The average Bonchev–Trinajstić information content (AvgIpc) is 1.82. The smallest absolute Gasteiger partial charge is 0.421 e. The van der Waals surface area contributed by atoms with Crippen molar-refractivity contribution in [1.82, 2.24) is 9.91 Å². The average molecular weight is 184 g/mol. The maximum atomic E-state index is 10.1. The maximum Gasteiger partial charge on any atom is 0.421 e. The molecular formula is C5H14ClN3O2. The summed E-state index contributed by atoms with van der Waals surface area (Å²) in [6.07, 6.45) is -1.10. The van der Waals surface area contributed by atoms with E-state index in [1.165, 1.54) is 0 Å². The van der Waals surface area contributed by atoms with Crippen molar-refractivity contribution in [2.45, 2.75) is 0 Å². The molecule has 0 unspecified atom stereocenters. The van der Waals surface area contributed by atoms with Crippen LogP contribution in [0.15, 0.2) is 0 Å². The predicted octanol–water partition coefficient (Wildman–Crippen LogP) is -0.176. The molecule has 0 atom stereocenters. The topological polar surface area (TPSA) is 69.8 Å². The second-order valence-corrected chi connectivity index (χ2v) is 2.28. The molecule has 68 valence electrons. The standard InChI is InChI=1S/C5H13N3O2.ClH/c1-7(2)3-4-8(6)5(9)10;/h3-4,6H2,1-2H3,(H,9,10);1H. The molecule has 0 aliphatic heterocycles. The van der Waals surface area contributed by atoms with Crippen LogP contribution in [0.25, 0.3) is 0 Å². The molecule has 0 rings (SSSR count). The Morgan fingerprint density at radius 3 is 2.18 bits per heavy atom. The van der Waals surface area contributed by atoms with Gasteiger partial charge in [0.05, 0.1) is 6.54 Å². The number of hydrogen-bond donors (Lipinski definition) is 2. The Labute approximate surface area is 72.1 Å². The van der Waals surface area contributed by atoms with Crippen LogP contribution in [0, 0.1) is 0 Å². The van der Waals surface area contributed by atoms with Crippen LogP contribution < -0.4 is 5.84 Å². The molecule has 0 aliphatic carbocycles. The van der Waals surface area contributed by atoms with Crippen LogP contribution in [-0.4, -0.2) is 48.3 Å². The van der Waals surface area contributed by atoms with Crippen LogP contribution in [-0.2, 0) is 0 Å². The molecule has 0 saturated heterocycles. The Morgan fingerprint density at radius 2 is 1.91 bits per heavy atom. The molecule has 0 radical (unpaired) electrons. The number of amides is 1. The molecule has 0 aliphatic rings. The van der Waals surface area contributed by atoms with E-state index in [0.717, 1.165) is 5.01 Å². The Morgan fingerprint density at radius 1 is 1.45 bits per heavy atom. The zero-order valence-corrected chi connectivity index (χ0v) is 7.47. The molecule has 0 saturated carbocycles. The molecule has 3 N–H and O–H groups in total. The molecule has 0 heterocycles. The van der Waals surface area contributed by atoms with Crippen LogP contribution in [0.3, 0.4) is 0 Å². The maximum absolute atomic E-state index is 10.1. The van der Waals surface area contributed by atoms with Gasteiger partial charge in [0.15, 0.2) is 0 Å². The SMILES string of the molecule is CN(C)CCN(N)C(=O)O.Cl. The number of nitrogens with zero attached hydrogens (tertiary/aromatic N) is 2. The van der Waals surface area contributed by atoms with Crippen molar-refractivity contribution in [3.63, 3.8) is 0 Å². The second-order valence-electron chi connectivity index (χ2n) is 2.28. The third-order valence-corrected chi connectivity index (χ3v) is 1.03. The molecular weight excluding hydrogens is 170 g/mol. The lowest BCUT2D eigenvalue weighted by atomic mass is 10.6. The summed E-state index contributed by atoms with van der Waals surface area (Å²) in [5.41, 5.74) is 0. The number of nitrogens with two attached hydrogens (primary N) is 1. The van der Waals surface area contributed by atoms with Gasteiger partial charge >= 0.3 is 6.09 Å². The molecule has 0 spiro atoms. The molecule has 1 amide bonds. The van der Waals surface area contributed by atoms with E-state index in [9.17, 15) is 4.79 Å². The number of likely N-dealkylation sites (N-methyl/N-ethyl adjacent to an activating group) is 1. The number of carboxylic acid groups (broad SMARTS) is 1. The van der Waals surface area contributed by atoms with Crippen molar-refractivity contribution in [3.8, 4) is 0 Å². The van der Waals surface area contributed by atoms with E-state index >= 15 is 0 Å². The van der Waals surface area contributed by atoms with Gasteiger partial charge in [-0.15, -0.1) is 12.4 Å². The first-order valence-electron chi connectivity index (χ1n) is 2.94. The van der Waals surface area contributed by atoms with Gasteiger partial charge in [-0.05, 0) is 14.1 Å². The summed E-state index contributed by atoms with van der Waals surface area (Å²) < 4.78 is 0. The van der Waals surface area contributed by atoms with Crippen molar-refractivity contribution in [3.05, 3.63) is 0 Å². The van der Waals surface area contributed by atoms with Crippen molar-refractivity contribution >= 4 is 18.5 Å². The highest BCUT2D eigenvalue weighted by Gasteiger charge is 2.04. The quantitative estimate of drug-likeness (QED) is 0.362. The van der Waals surface area contributed by atoms with Gasteiger partial charge in [0, 0.05) is 6.54 Å². The summed E-state index contributed by atoms with van der Waals surface area (Å²) in [7, 11) is 3.71. The van der Waals surface area contributed by atoms with E-state index in [0.29, 0.717) is 13.1 Å².